The second-order valence-corrected chi connectivity index (χ2v) is 10.1. The number of alkyl halides is 3. The van der Waals surface area contributed by atoms with Gasteiger partial charge in [-0.1, -0.05) is 60.3 Å². The zero-order valence-corrected chi connectivity index (χ0v) is 21.6. The summed E-state index contributed by atoms with van der Waals surface area (Å²) >= 11 is 1.08. The van der Waals surface area contributed by atoms with Crippen molar-refractivity contribution in [3.63, 3.8) is 0 Å². The number of carbonyl (C=O) groups excluding carboxylic acids is 2. The summed E-state index contributed by atoms with van der Waals surface area (Å²) in [6, 6.07) is 21.1. The summed E-state index contributed by atoms with van der Waals surface area (Å²) in [7, 11) is 0. The largest absolute Gasteiger partial charge is 0.449 e. The van der Waals surface area contributed by atoms with Crippen LogP contribution >= 0.6 is 11.8 Å². The van der Waals surface area contributed by atoms with Crippen LogP contribution in [-0.2, 0) is 17.5 Å². The second kappa shape index (κ2) is 10.9. The number of benzene rings is 3. The number of hydrogen-bond acceptors (Lipinski definition) is 5. The molecule has 5 rings (SSSR count). The fraction of sp³-hybridized carbons (Fsp3) is 0.167. The Hall–Kier alpha value is -4.11. The minimum Gasteiger partial charge on any atom is -0.449 e. The van der Waals surface area contributed by atoms with Crippen LogP contribution < -0.4 is 5.32 Å². The lowest BCUT2D eigenvalue weighted by Crippen LogP contribution is -2.26. The molecule has 0 unspecified atom stereocenters. The van der Waals surface area contributed by atoms with Gasteiger partial charge in [0, 0.05) is 29.1 Å². The number of hydrogen-bond donors (Lipinski definition) is 1. The first-order valence-corrected chi connectivity index (χ1v) is 13.0. The molecule has 198 valence electrons. The minimum absolute atomic E-state index is 0.0831. The number of alkyl carbamates (subject to hydrolysis) is 1. The van der Waals surface area contributed by atoms with Crippen molar-refractivity contribution < 1.29 is 27.5 Å². The van der Waals surface area contributed by atoms with Crippen molar-refractivity contribution in [1.82, 2.24) is 10.3 Å². The SMILES string of the molecule is Cc1cc(C(F)(F)F)cc(CNC(=O)OCC2c3ccccc3-c3ccccc32)c1Sc1ncccc1C=O. The Kier molecular flexibility index (Phi) is 7.43. The lowest BCUT2D eigenvalue weighted by molar-refractivity contribution is -0.137. The Bertz CT molecular complexity index is 1510. The number of ether oxygens (including phenoxy) is 1. The maximum absolute atomic E-state index is 13.6. The molecule has 0 saturated heterocycles. The third-order valence-corrected chi connectivity index (χ3v) is 7.89. The summed E-state index contributed by atoms with van der Waals surface area (Å²) < 4.78 is 46.3. The topological polar surface area (TPSA) is 68.3 Å². The normalized spacial score (nSPS) is 12.5. The fourth-order valence-electron chi connectivity index (χ4n) is 4.78. The summed E-state index contributed by atoms with van der Waals surface area (Å²) in [6.45, 7) is 1.44. The van der Waals surface area contributed by atoms with E-state index in [2.05, 4.69) is 10.3 Å². The van der Waals surface area contributed by atoms with E-state index in [-0.39, 0.29) is 24.6 Å². The number of halogens is 3. The Balaban J connectivity index is 1.34. The molecule has 39 heavy (non-hydrogen) atoms. The Morgan fingerprint density at radius 3 is 2.33 bits per heavy atom. The van der Waals surface area contributed by atoms with Gasteiger partial charge in [0.25, 0.3) is 0 Å². The molecule has 1 N–H and O–H groups in total. The highest BCUT2D eigenvalue weighted by atomic mass is 32.2. The van der Waals surface area contributed by atoms with E-state index in [1.165, 1.54) is 6.20 Å². The highest BCUT2D eigenvalue weighted by Crippen LogP contribution is 2.44. The van der Waals surface area contributed by atoms with Gasteiger partial charge >= 0.3 is 12.3 Å². The molecule has 1 aromatic heterocycles. The summed E-state index contributed by atoms with van der Waals surface area (Å²) in [4.78, 5) is 28.8. The third-order valence-electron chi connectivity index (χ3n) is 6.57. The molecule has 1 aliphatic rings. The van der Waals surface area contributed by atoms with Gasteiger partial charge in [-0.2, -0.15) is 13.2 Å². The highest BCUT2D eigenvalue weighted by molar-refractivity contribution is 7.99. The first-order valence-electron chi connectivity index (χ1n) is 12.1. The third kappa shape index (κ3) is 5.54. The highest BCUT2D eigenvalue weighted by Gasteiger charge is 2.32. The lowest BCUT2D eigenvalue weighted by atomic mass is 9.98. The average molecular weight is 549 g/mol. The zero-order valence-electron chi connectivity index (χ0n) is 20.8. The number of amides is 1. The van der Waals surface area contributed by atoms with Gasteiger partial charge in [0.1, 0.15) is 11.6 Å². The number of nitrogens with zero attached hydrogens (tertiary/aromatic N) is 1. The monoisotopic (exact) mass is 548 g/mol. The van der Waals surface area contributed by atoms with E-state index in [1.54, 1.807) is 19.1 Å². The Labute approximate surface area is 227 Å². The van der Waals surface area contributed by atoms with Gasteiger partial charge in [0.2, 0.25) is 0 Å². The Morgan fingerprint density at radius 2 is 1.69 bits per heavy atom. The quantitative estimate of drug-likeness (QED) is 0.244. The number of carbonyl (C=O) groups is 2. The molecule has 0 radical (unpaired) electrons. The van der Waals surface area contributed by atoms with Gasteiger partial charge in [-0.25, -0.2) is 9.78 Å². The number of nitrogens with one attached hydrogen (secondary N) is 1. The van der Waals surface area contributed by atoms with Crippen LogP contribution in [-0.4, -0.2) is 24.0 Å². The van der Waals surface area contributed by atoms with Crippen LogP contribution in [0.2, 0.25) is 0 Å². The number of rotatable bonds is 7. The molecule has 0 spiro atoms. The minimum atomic E-state index is -4.56. The number of aryl methyl sites for hydroxylation is 1. The molecule has 1 aliphatic carbocycles. The van der Waals surface area contributed by atoms with E-state index >= 15 is 0 Å². The molecule has 4 aromatic rings. The summed E-state index contributed by atoms with van der Waals surface area (Å²) in [5, 5.41) is 2.96. The van der Waals surface area contributed by atoms with Gasteiger partial charge in [0.15, 0.2) is 6.29 Å². The maximum atomic E-state index is 13.6. The molecule has 5 nitrogen and oxygen atoms in total. The van der Waals surface area contributed by atoms with Crippen LogP contribution in [0.4, 0.5) is 18.0 Å². The van der Waals surface area contributed by atoms with Gasteiger partial charge in [-0.3, -0.25) is 4.79 Å². The predicted octanol–water partition coefficient (Wildman–Crippen LogP) is 7.41. The molecule has 1 heterocycles. The fourth-order valence-corrected chi connectivity index (χ4v) is 5.80. The van der Waals surface area contributed by atoms with E-state index in [1.807, 2.05) is 48.5 Å². The van der Waals surface area contributed by atoms with E-state index in [0.717, 1.165) is 46.1 Å². The van der Waals surface area contributed by atoms with Crippen molar-refractivity contribution >= 4 is 24.1 Å². The van der Waals surface area contributed by atoms with Crippen molar-refractivity contribution in [2.24, 2.45) is 0 Å². The van der Waals surface area contributed by atoms with Gasteiger partial charge in [0.05, 0.1) is 5.56 Å². The van der Waals surface area contributed by atoms with E-state index in [9.17, 15) is 22.8 Å². The van der Waals surface area contributed by atoms with Crippen LogP contribution in [0.15, 0.2) is 88.9 Å². The van der Waals surface area contributed by atoms with Gasteiger partial charge in [-0.05, 0) is 64.6 Å². The van der Waals surface area contributed by atoms with Crippen molar-refractivity contribution in [3.05, 3.63) is 112 Å². The lowest BCUT2D eigenvalue weighted by Gasteiger charge is -2.18. The van der Waals surface area contributed by atoms with E-state index in [0.29, 0.717) is 27.3 Å². The summed E-state index contributed by atoms with van der Waals surface area (Å²) in [5.74, 6) is -0.143. The summed E-state index contributed by atoms with van der Waals surface area (Å²) in [6.07, 6.45) is -3.16. The molecule has 9 heteroatoms. The smallest absolute Gasteiger partial charge is 0.416 e. The van der Waals surface area contributed by atoms with Crippen molar-refractivity contribution in [3.8, 4) is 11.1 Å². The van der Waals surface area contributed by atoms with Gasteiger partial charge in [-0.15, -0.1) is 0 Å². The second-order valence-electron chi connectivity index (χ2n) is 9.08. The molecule has 0 atom stereocenters. The molecule has 0 bridgehead atoms. The number of aldehydes is 1. The van der Waals surface area contributed by atoms with Crippen LogP contribution in [0, 0.1) is 6.92 Å². The van der Waals surface area contributed by atoms with Crippen molar-refractivity contribution in [2.45, 2.75) is 35.5 Å². The predicted molar refractivity (Wildman–Crippen MR) is 142 cm³/mol. The average Bonchev–Trinajstić information content (AvgIpc) is 3.25. The molecule has 0 fully saturated rings. The standard InChI is InChI=1S/C30H23F3N2O3S/c1-18-13-21(30(31,32)33)14-20(27(18)39-28-19(16-36)7-6-12-34-28)15-35-29(37)38-17-26-24-10-4-2-8-22(24)23-9-3-5-11-25(23)26/h2-14,16,26H,15,17H2,1H3,(H,35,37). The van der Waals surface area contributed by atoms with Crippen LogP contribution in [0.1, 0.15) is 44.1 Å². The number of fused-ring (bicyclic) bond motifs is 3. The summed E-state index contributed by atoms with van der Waals surface area (Å²) in [5.41, 5.74) is 4.37. The maximum Gasteiger partial charge on any atom is 0.416 e. The van der Waals surface area contributed by atoms with Crippen molar-refractivity contribution in [1.29, 1.82) is 0 Å². The number of aromatic nitrogens is 1. The Morgan fingerprint density at radius 1 is 1.03 bits per heavy atom. The van der Waals surface area contributed by atoms with E-state index < -0.39 is 17.8 Å². The molecule has 1 amide bonds. The van der Waals surface area contributed by atoms with Crippen LogP contribution in [0.5, 0.6) is 0 Å². The molecular weight excluding hydrogens is 525 g/mol. The first-order chi connectivity index (χ1) is 18.8. The molecule has 3 aromatic carbocycles. The molecule has 0 aliphatic heterocycles. The molecule has 0 saturated carbocycles. The van der Waals surface area contributed by atoms with Gasteiger partial charge < -0.3 is 10.1 Å². The molecular formula is C30H23F3N2O3S. The first kappa shape index (κ1) is 26.5. The van der Waals surface area contributed by atoms with E-state index in [4.69, 9.17) is 4.74 Å². The van der Waals surface area contributed by atoms with Crippen LogP contribution in [0.25, 0.3) is 11.1 Å². The van der Waals surface area contributed by atoms with Crippen LogP contribution in [0.3, 0.4) is 0 Å². The number of pyridine rings is 1. The zero-order chi connectivity index (χ0) is 27.6. The van der Waals surface area contributed by atoms with Crippen molar-refractivity contribution in [2.75, 3.05) is 6.61 Å².